The van der Waals surface area contributed by atoms with Gasteiger partial charge in [0.15, 0.2) is 0 Å². The van der Waals surface area contributed by atoms with Crippen molar-refractivity contribution in [1.29, 1.82) is 0 Å². The molecule has 7 nitrogen and oxygen atoms in total. The molecule has 0 unspecified atom stereocenters. The van der Waals surface area contributed by atoms with Gasteiger partial charge in [0.25, 0.3) is 0 Å². The van der Waals surface area contributed by atoms with E-state index in [1.807, 2.05) is 112 Å². The van der Waals surface area contributed by atoms with Gasteiger partial charge in [-0.15, -0.1) is 58.7 Å². The molecule has 0 saturated heterocycles. The van der Waals surface area contributed by atoms with Crippen molar-refractivity contribution in [2.24, 2.45) is 0 Å². The maximum absolute atomic E-state index is 6.40. The molecule has 0 aliphatic heterocycles. The van der Waals surface area contributed by atoms with Gasteiger partial charge in [-0.05, 0) is 49.9 Å². The van der Waals surface area contributed by atoms with Gasteiger partial charge < -0.3 is 24.0 Å². The number of nitrogens with zero attached hydrogens (tertiary/aromatic N) is 5. The molecular formula is C43H31N5O2Pd2. The van der Waals surface area contributed by atoms with Crippen LogP contribution in [0.4, 0.5) is 0 Å². The molecular weight excluding hydrogens is 831 g/mol. The van der Waals surface area contributed by atoms with Gasteiger partial charge in [-0.2, -0.15) is 22.9 Å². The molecule has 0 spiro atoms. The van der Waals surface area contributed by atoms with E-state index >= 15 is 0 Å². The number of aromatic nitrogens is 5. The zero-order valence-corrected chi connectivity index (χ0v) is 32.0. The number of fused-ring (bicyclic) bond motifs is 3. The predicted octanol–water partition coefficient (Wildman–Crippen LogP) is 10.0. The topological polar surface area (TPSA) is 75.0 Å². The fourth-order valence-electron chi connectivity index (χ4n) is 6.00. The van der Waals surface area contributed by atoms with Crippen molar-refractivity contribution in [3.05, 3.63) is 150 Å². The summed E-state index contributed by atoms with van der Waals surface area (Å²) in [6.07, 6.45) is 7.21. The summed E-state index contributed by atoms with van der Waals surface area (Å²) in [5, 5.41) is 1.90. The average Bonchev–Trinajstić information content (AvgIpc) is 3.41. The summed E-state index contributed by atoms with van der Waals surface area (Å²) < 4.78 is 14.7. The first kappa shape index (κ1) is 36.8. The van der Waals surface area contributed by atoms with Gasteiger partial charge in [-0.1, -0.05) is 72.4 Å². The van der Waals surface area contributed by atoms with Crippen molar-refractivity contribution in [3.63, 3.8) is 0 Å². The van der Waals surface area contributed by atoms with E-state index in [1.165, 1.54) is 0 Å². The normalized spacial score (nSPS) is 10.9. The van der Waals surface area contributed by atoms with Crippen LogP contribution in [0.5, 0.6) is 23.0 Å². The van der Waals surface area contributed by atoms with Crippen LogP contribution in [-0.4, -0.2) is 24.5 Å². The summed E-state index contributed by atoms with van der Waals surface area (Å²) >= 11 is 0. The zero-order chi connectivity index (χ0) is 34.4. The quantitative estimate of drug-likeness (QED) is 0.117. The monoisotopic (exact) mass is 861 g/mol. The third-order valence-corrected chi connectivity index (χ3v) is 8.30. The second-order valence-electron chi connectivity index (χ2n) is 12.6. The summed E-state index contributed by atoms with van der Waals surface area (Å²) in [4.78, 5) is 18.4. The number of aryl methyl sites for hydroxylation is 5. The zero-order valence-electron chi connectivity index (χ0n) is 28.9. The number of pyridine rings is 2. The van der Waals surface area contributed by atoms with Crippen LogP contribution in [-0.2, 0) is 40.8 Å². The van der Waals surface area contributed by atoms with E-state index < -0.39 is 0 Å². The molecule has 8 rings (SSSR count). The molecule has 0 saturated carbocycles. The van der Waals surface area contributed by atoms with Crippen LogP contribution < -0.4 is 9.47 Å². The third-order valence-electron chi connectivity index (χ3n) is 8.30. The summed E-state index contributed by atoms with van der Waals surface area (Å²) in [7, 11) is 0. The smallest absolute Gasteiger partial charge is 0.503 e. The Labute approximate surface area is 330 Å². The Morgan fingerprint density at radius 3 is 1.37 bits per heavy atom. The fourth-order valence-corrected chi connectivity index (χ4v) is 6.00. The van der Waals surface area contributed by atoms with E-state index in [1.54, 1.807) is 12.4 Å². The van der Waals surface area contributed by atoms with E-state index in [0.717, 1.165) is 72.1 Å². The van der Waals surface area contributed by atoms with E-state index in [0.29, 0.717) is 28.9 Å². The molecule has 4 heterocycles. The molecule has 0 radical (unpaired) electrons. The average molecular weight is 863 g/mol. The Kier molecular flexibility index (Phi) is 10.8. The number of hydrogen-bond acceptors (Lipinski definition) is 6. The number of ether oxygens (including phenoxy) is 2. The Morgan fingerprint density at radius 1 is 0.462 bits per heavy atom. The molecule has 260 valence electrons. The van der Waals surface area contributed by atoms with Crippen LogP contribution >= 0.6 is 0 Å². The van der Waals surface area contributed by atoms with Crippen molar-refractivity contribution >= 4 is 21.8 Å². The number of benzene rings is 4. The molecule has 0 amide bonds. The van der Waals surface area contributed by atoms with E-state index in [4.69, 9.17) is 9.47 Å². The van der Waals surface area contributed by atoms with Crippen molar-refractivity contribution in [2.45, 2.75) is 34.6 Å². The number of rotatable bonds is 7. The SMILES string of the molecule is Cc1cnc(-n2c3[c-]c(Oc4[c-]c(-c5cc(C)ccn5)cc(C)c4)ccc3c3ccc(Oc4[c-]c(-c5cc(C)ccn5)cc(C)c4)[c-]c32)nc1.[Pd+2].[Pd+2]. The van der Waals surface area contributed by atoms with Gasteiger partial charge >= 0.3 is 40.8 Å². The standard InChI is InChI=1S/C43H31N5O2.2Pd/c1-26-10-12-44-39(18-26)31-14-28(3)16-35(20-31)49-33-6-8-37-38-9-7-34(23-42(38)48(41(37)22-33)43-46-24-30(5)25-47-43)50-36-17-29(4)15-32(21-36)40-19-27(2)11-13-45-40;;/h6-19,24-25H,1-5H3;;/q-4;2*+2. The first-order valence-corrected chi connectivity index (χ1v) is 16.3. The summed E-state index contributed by atoms with van der Waals surface area (Å²) in [5.41, 5.74) is 10.2. The molecule has 0 aliphatic rings. The van der Waals surface area contributed by atoms with Crippen molar-refractivity contribution in [3.8, 4) is 51.5 Å². The van der Waals surface area contributed by atoms with E-state index in [2.05, 4.69) is 56.3 Å². The predicted molar refractivity (Wildman–Crippen MR) is 195 cm³/mol. The molecule has 4 aromatic heterocycles. The maximum Gasteiger partial charge on any atom is 2.00 e. The molecule has 0 bridgehead atoms. The summed E-state index contributed by atoms with van der Waals surface area (Å²) in [6, 6.07) is 37.7. The second-order valence-corrected chi connectivity index (χ2v) is 12.6. The third kappa shape index (κ3) is 7.60. The van der Waals surface area contributed by atoms with Crippen LogP contribution in [0.15, 0.2) is 97.6 Å². The largest absolute Gasteiger partial charge is 2.00 e. The maximum atomic E-state index is 6.40. The molecule has 9 heteroatoms. The van der Waals surface area contributed by atoms with Crippen molar-refractivity contribution in [1.82, 2.24) is 24.5 Å². The molecule has 4 aromatic carbocycles. The van der Waals surface area contributed by atoms with Crippen LogP contribution in [0.3, 0.4) is 0 Å². The minimum Gasteiger partial charge on any atom is -0.503 e. The van der Waals surface area contributed by atoms with Gasteiger partial charge in [0.05, 0.1) is 0 Å². The Hall–Kier alpha value is -5.02. The van der Waals surface area contributed by atoms with Gasteiger partial charge in [0.2, 0.25) is 5.95 Å². The first-order chi connectivity index (χ1) is 24.3. The van der Waals surface area contributed by atoms with Crippen molar-refractivity contribution in [2.75, 3.05) is 0 Å². The molecule has 0 aliphatic carbocycles. The second kappa shape index (κ2) is 15.3. The van der Waals surface area contributed by atoms with Gasteiger partial charge in [0, 0.05) is 47.8 Å². The summed E-state index contributed by atoms with van der Waals surface area (Å²) in [6.45, 7) is 10.1. The minimum absolute atomic E-state index is 0. The first-order valence-electron chi connectivity index (χ1n) is 16.3. The van der Waals surface area contributed by atoms with E-state index in [-0.39, 0.29) is 40.8 Å². The van der Waals surface area contributed by atoms with Crippen molar-refractivity contribution < 1.29 is 50.3 Å². The molecule has 0 fully saturated rings. The Bertz CT molecular complexity index is 2410. The minimum atomic E-state index is 0. The van der Waals surface area contributed by atoms with Crippen LogP contribution in [0.25, 0.3) is 50.3 Å². The van der Waals surface area contributed by atoms with Gasteiger partial charge in [-0.25, -0.2) is 9.97 Å². The summed E-state index contributed by atoms with van der Waals surface area (Å²) in [5.74, 6) is 2.70. The molecule has 8 aromatic rings. The van der Waals surface area contributed by atoms with Crippen LogP contribution in [0.2, 0.25) is 0 Å². The van der Waals surface area contributed by atoms with Crippen LogP contribution in [0, 0.1) is 58.9 Å². The Morgan fingerprint density at radius 2 is 0.923 bits per heavy atom. The van der Waals surface area contributed by atoms with E-state index in [9.17, 15) is 0 Å². The number of hydrogen-bond donors (Lipinski definition) is 0. The molecule has 0 N–H and O–H groups in total. The fraction of sp³-hybridized carbons (Fsp3) is 0.116. The molecule has 52 heavy (non-hydrogen) atoms. The Balaban J connectivity index is 0.00000232. The van der Waals surface area contributed by atoms with Crippen LogP contribution in [0.1, 0.15) is 27.8 Å². The van der Waals surface area contributed by atoms with Gasteiger partial charge in [0.1, 0.15) is 0 Å². The molecule has 0 atom stereocenters. The van der Waals surface area contributed by atoms with Gasteiger partial charge in [-0.3, -0.25) is 0 Å².